The summed E-state index contributed by atoms with van der Waals surface area (Å²) < 4.78 is 0. The molecule has 0 radical (unpaired) electrons. The van der Waals surface area contributed by atoms with E-state index in [1.807, 2.05) is 19.1 Å². The average Bonchev–Trinajstić information content (AvgIpc) is 2.47. The lowest BCUT2D eigenvalue weighted by Gasteiger charge is -2.14. The minimum Gasteiger partial charge on any atom is -0.389 e. The monoisotopic (exact) mass is 298 g/mol. The van der Waals surface area contributed by atoms with Crippen LogP contribution in [0.25, 0.3) is 0 Å². The summed E-state index contributed by atoms with van der Waals surface area (Å²) in [6, 6.07) is 16.7. The van der Waals surface area contributed by atoms with Crippen LogP contribution in [0.1, 0.15) is 36.0 Å². The Kier molecular flexibility index (Phi) is 5.34. The second-order valence-electron chi connectivity index (χ2n) is 5.42. The first-order valence-corrected chi connectivity index (χ1v) is 7.68. The van der Waals surface area contributed by atoms with Crippen molar-refractivity contribution in [2.45, 2.75) is 26.2 Å². The Labute approximate surface area is 132 Å². The predicted octanol–water partition coefficient (Wildman–Crippen LogP) is 4.23. The average molecular weight is 298 g/mol. The zero-order valence-electron chi connectivity index (χ0n) is 12.6. The molecule has 2 aromatic rings. The SMILES string of the molecule is Cc1cc(NCCC(C)c2ccccc2)ccc1C(N)=S. The number of aryl methyl sites for hydroxylation is 1. The summed E-state index contributed by atoms with van der Waals surface area (Å²) in [5, 5.41) is 3.47. The van der Waals surface area contributed by atoms with Gasteiger partial charge in [0.2, 0.25) is 0 Å². The zero-order chi connectivity index (χ0) is 15.2. The van der Waals surface area contributed by atoms with Gasteiger partial charge in [-0.3, -0.25) is 0 Å². The third-order valence-corrected chi connectivity index (χ3v) is 3.99. The molecule has 0 aromatic heterocycles. The maximum Gasteiger partial charge on any atom is 0.104 e. The van der Waals surface area contributed by atoms with E-state index in [2.05, 4.69) is 48.6 Å². The minimum atomic E-state index is 0.455. The van der Waals surface area contributed by atoms with E-state index in [0.717, 1.165) is 29.8 Å². The van der Waals surface area contributed by atoms with Gasteiger partial charge in [-0.2, -0.15) is 0 Å². The van der Waals surface area contributed by atoms with Crippen molar-refractivity contribution in [2.24, 2.45) is 5.73 Å². The van der Waals surface area contributed by atoms with Crippen molar-refractivity contribution in [3.63, 3.8) is 0 Å². The summed E-state index contributed by atoms with van der Waals surface area (Å²) in [7, 11) is 0. The molecule has 0 saturated heterocycles. The van der Waals surface area contributed by atoms with E-state index in [9.17, 15) is 0 Å². The van der Waals surface area contributed by atoms with Gasteiger partial charge in [0, 0.05) is 17.8 Å². The highest BCUT2D eigenvalue weighted by Gasteiger charge is 2.05. The molecule has 0 heterocycles. The van der Waals surface area contributed by atoms with Crippen molar-refractivity contribution >= 4 is 22.9 Å². The third-order valence-electron chi connectivity index (χ3n) is 3.77. The molecule has 21 heavy (non-hydrogen) atoms. The van der Waals surface area contributed by atoms with E-state index >= 15 is 0 Å². The molecule has 0 spiro atoms. The van der Waals surface area contributed by atoms with E-state index in [-0.39, 0.29) is 0 Å². The van der Waals surface area contributed by atoms with Crippen LogP contribution in [-0.4, -0.2) is 11.5 Å². The van der Waals surface area contributed by atoms with E-state index in [0.29, 0.717) is 10.9 Å². The molecule has 0 aliphatic carbocycles. The number of rotatable bonds is 6. The fourth-order valence-electron chi connectivity index (χ4n) is 2.43. The summed E-state index contributed by atoms with van der Waals surface area (Å²) in [6.07, 6.45) is 1.10. The lowest BCUT2D eigenvalue weighted by molar-refractivity contribution is 0.706. The second-order valence-corrected chi connectivity index (χ2v) is 5.86. The Hall–Kier alpha value is -1.87. The van der Waals surface area contributed by atoms with Gasteiger partial charge in [-0.1, -0.05) is 49.5 Å². The summed E-state index contributed by atoms with van der Waals surface area (Å²) in [5.74, 6) is 0.552. The topological polar surface area (TPSA) is 38.0 Å². The molecule has 1 unspecified atom stereocenters. The van der Waals surface area contributed by atoms with Crippen LogP contribution < -0.4 is 11.1 Å². The highest BCUT2D eigenvalue weighted by atomic mass is 32.1. The zero-order valence-corrected chi connectivity index (χ0v) is 13.4. The summed E-state index contributed by atoms with van der Waals surface area (Å²) in [5.41, 5.74) is 10.3. The maximum absolute atomic E-state index is 5.68. The first-order valence-electron chi connectivity index (χ1n) is 7.27. The first-order chi connectivity index (χ1) is 10.1. The molecule has 0 saturated carbocycles. The number of benzene rings is 2. The van der Waals surface area contributed by atoms with Gasteiger partial charge in [0.25, 0.3) is 0 Å². The van der Waals surface area contributed by atoms with Crippen molar-refractivity contribution in [1.82, 2.24) is 0 Å². The molecule has 0 amide bonds. The van der Waals surface area contributed by atoms with Crippen molar-refractivity contribution in [3.05, 3.63) is 65.2 Å². The van der Waals surface area contributed by atoms with E-state index in [1.54, 1.807) is 0 Å². The van der Waals surface area contributed by atoms with Crippen LogP contribution in [0.2, 0.25) is 0 Å². The molecule has 2 rings (SSSR count). The smallest absolute Gasteiger partial charge is 0.104 e. The van der Waals surface area contributed by atoms with Crippen molar-refractivity contribution in [3.8, 4) is 0 Å². The lowest BCUT2D eigenvalue weighted by atomic mass is 9.98. The molecule has 3 N–H and O–H groups in total. The Balaban J connectivity index is 1.89. The largest absolute Gasteiger partial charge is 0.389 e. The van der Waals surface area contributed by atoms with E-state index in [4.69, 9.17) is 18.0 Å². The second kappa shape index (κ2) is 7.23. The van der Waals surface area contributed by atoms with Crippen LogP contribution in [0.4, 0.5) is 5.69 Å². The Morgan fingerprint density at radius 1 is 1.19 bits per heavy atom. The van der Waals surface area contributed by atoms with Crippen LogP contribution in [-0.2, 0) is 0 Å². The van der Waals surface area contributed by atoms with Crippen LogP contribution in [0.15, 0.2) is 48.5 Å². The van der Waals surface area contributed by atoms with Gasteiger partial charge in [-0.15, -0.1) is 0 Å². The van der Waals surface area contributed by atoms with E-state index < -0.39 is 0 Å². The third kappa shape index (κ3) is 4.30. The highest BCUT2D eigenvalue weighted by molar-refractivity contribution is 7.80. The highest BCUT2D eigenvalue weighted by Crippen LogP contribution is 2.19. The number of nitrogens with one attached hydrogen (secondary N) is 1. The van der Waals surface area contributed by atoms with Crippen LogP contribution in [0.5, 0.6) is 0 Å². The van der Waals surface area contributed by atoms with Gasteiger partial charge in [0.05, 0.1) is 0 Å². The molecular formula is C18H22N2S. The fraction of sp³-hybridized carbons (Fsp3) is 0.278. The summed E-state index contributed by atoms with van der Waals surface area (Å²) in [4.78, 5) is 0.455. The number of anilines is 1. The Bertz CT molecular complexity index is 608. The molecule has 0 bridgehead atoms. The van der Waals surface area contributed by atoms with Gasteiger partial charge >= 0.3 is 0 Å². The van der Waals surface area contributed by atoms with Crippen molar-refractivity contribution < 1.29 is 0 Å². The predicted molar refractivity (Wildman–Crippen MR) is 95.0 cm³/mol. The number of nitrogens with two attached hydrogens (primary N) is 1. The molecule has 3 heteroatoms. The van der Waals surface area contributed by atoms with Gasteiger partial charge < -0.3 is 11.1 Å². The molecule has 110 valence electrons. The number of thiocarbonyl (C=S) groups is 1. The standard InChI is InChI=1S/C18H22N2S/c1-13(15-6-4-3-5-7-15)10-11-20-16-8-9-17(18(19)21)14(2)12-16/h3-9,12-13,20H,10-11H2,1-2H3,(H2,19,21). The number of hydrogen-bond donors (Lipinski definition) is 2. The number of hydrogen-bond acceptors (Lipinski definition) is 2. The molecular weight excluding hydrogens is 276 g/mol. The summed E-state index contributed by atoms with van der Waals surface area (Å²) >= 11 is 5.03. The molecule has 2 aromatic carbocycles. The molecule has 0 aliphatic heterocycles. The van der Waals surface area contributed by atoms with Crippen molar-refractivity contribution in [2.75, 3.05) is 11.9 Å². The van der Waals surface area contributed by atoms with Gasteiger partial charge in [-0.05, 0) is 48.6 Å². The Morgan fingerprint density at radius 2 is 1.90 bits per heavy atom. The minimum absolute atomic E-state index is 0.455. The molecule has 1 atom stereocenters. The van der Waals surface area contributed by atoms with Gasteiger partial charge in [0.15, 0.2) is 0 Å². The molecule has 0 fully saturated rings. The molecule has 0 aliphatic rings. The quantitative estimate of drug-likeness (QED) is 0.784. The molecule has 2 nitrogen and oxygen atoms in total. The van der Waals surface area contributed by atoms with Crippen molar-refractivity contribution in [1.29, 1.82) is 0 Å². The van der Waals surface area contributed by atoms with Crippen LogP contribution in [0.3, 0.4) is 0 Å². The fourth-order valence-corrected chi connectivity index (χ4v) is 2.66. The summed E-state index contributed by atoms with van der Waals surface area (Å²) in [6.45, 7) is 5.24. The van der Waals surface area contributed by atoms with E-state index in [1.165, 1.54) is 5.56 Å². The normalized spacial score (nSPS) is 11.9. The maximum atomic E-state index is 5.68. The van der Waals surface area contributed by atoms with Crippen LogP contribution in [0, 0.1) is 6.92 Å². The first kappa shape index (κ1) is 15.5. The van der Waals surface area contributed by atoms with Gasteiger partial charge in [0.1, 0.15) is 4.99 Å². The van der Waals surface area contributed by atoms with Crippen LogP contribution >= 0.6 is 12.2 Å². The van der Waals surface area contributed by atoms with Gasteiger partial charge in [-0.25, -0.2) is 0 Å². The lowest BCUT2D eigenvalue weighted by Crippen LogP contribution is -2.12. The Morgan fingerprint density at radius 3 is 2.52 bits per heavy atom.